The van der Waals surface area contributed by atoms with Gasteiger partial charge in [0.1, 0.15) is 11.5 Å². The van der Waals surface area contributed by atoms with Crippen LogP contribution in [0.1, 0.15) is 34.6 Å². The number of hydrogen-bond acceptors (Lipinski definition) is 8. The average Bonchev–Trinajstić information content (AvgIpc) is 2.80. The number of amides is 1. The summed E-state index contributed by atoms with van der Waals surface area (Å²) in [6.07, 6.45) is 0. The maximum absolute atomic E-state index is 13.0. The molecule has 1 amide bonds. The molecule has 0 aliphatic carbocycles. The van der Waals surface area contributed by atoms with Crippen molar-refractivity contribution in [1.82, 2.24) is 0 Å². The van der Waals surface area contributed by atoms with Crippen LogP contribution in [0.5, 0.6) is 23.0 Å². The topological polar surface area (TPSA) is 108 Å². The molecule has 11 heteroatoms. The summed E-state index contributed by atoms with van der Waals surface area (Å²) in [5.41, 5.74) is 0.443. The van der Waals surface area contributed by atoms with Crippen LogP contribution in [0.25, 0.3) is 0 Å². The molecule has 1 N–H and O–H groups in total. The molecule has 0 radical (unpaired) electrons. The van der Waals surface area contributed by atoms with Crippen LogP contribution in [-0.2, 0) is 9.59 Å². The highest BCUT2D eigenvalue weighted by molar-refractivity contribution is 6.33. The normalized spacial score (nSPS) is 11.7. The summed E-state index contributed by atoms with van der Waals surface area (Å²) in [5, 5.41) is 11.4. The van der Waals surface area contributed by atoms with Crippen LogP contribution in [0.3, 0.4) is 0 Å². The lowest BCUT2D eigenvalue weighted by Gasteiger charge is -2.16. The number of halogens is 2. The van der Waals surface area contributed by atoms with E-state index in [0.29, 0.717) is 48.7 Å². The van der Waals surface area contributed by atoms with Gasteiger partial charge in [0.2, 0.25) is 6.04 Å². The predicted octanol–water partition coefficient (Wildman–Crippen LogP) is 6.27. The minimum Gasteiger partial charge on any atom is -0.492 e. The number of carbonyl (C=O) groups is 2. The summed E-state index contributed by atoms with van der Waals surface area (Å²) < 4.78 is 22.3. The zero-order chi connectivity index (χ0) is 26.0. The van der Waals surface area contributed by atoms with Crippen molar-refractivity contribution in [3.05, 3.63) is 34.3 Å². The Morgan fingerprint density at radius 3 is 2.06 bits per heavy atom. The molecule has 2 rings (SSSR count). The van der Waals surface area contributed by atoms with E-state index >= 15 is 0 Å². The summed E-state index contributed by atoms with van der Waals surface area (Å²) in [6, 6.07) is 4.82. The summed E-state index contributed by atoms with van der Waals surface area (Å²) in [4.78, 5) is 25.4. The number of nitrogens with one attached hydrogen (secondary N) is 1. The standard InChI is InChI=1S/C24H29Cl2N3O6/c1-6-32-18-11-10-15(25)23(35-9-4)22(18)29-28-21(14(5)30)24(31)27-17-12-16(26)19(33-7-2)13-20(17)34-8-3/h10-13,21H,6-9H2,1-5H3,(H,27,31). The molecular weight excluding hydrogens is 497 g/mol. The zero-order valence-corrected chi connectivity index (χ0v) is 21.8. The lowest BCUT2D eigenvalue weighted by molar-refractivity contribution is -0.126. The molecule has 35 heavy (non-hydrogen) atoms. The Morgan fingerprint density at radius 1 is 0.857 bits per heavy atom. The monoisotopic (exact) mass is 525 g/mol. The highest BCUT2D eigenvalue weighted by atomic mass is 35.5. The Kier molecular flexibility index (Phi) is 11.1. The third-order valence-corrected chi connectivity index (χ3v) is 5.03. The first kappa shape index (κ1) is 28.2. The van der Waals surface area contributed by atoms with Crippen molar-refractivity contribution in [2.75, 3.05) is 31.7 Å². The Hall–Kier alpha value is -3.04. The number of hydrogen-bond donors (Lipinski definition) is 1. The number of ketones is 1. The van der Waals surface area contributed by atoms with Gasteiger partial charge in [-0.3, -0.25) is 9.59 Å². The van der Waals surface area contributed by atoms with Crippen LogP contribution in [0, 0.1) is 0 Å². The Balaban J connectivity index is 2.42. The summed E-state index contributed by atoms with van der Waals surface area (Å²) in [5.74, 6) is 0.0816. The summed E-state index contributed by atoms with van der Waals surface area (Å²) >= 11 is 12.5. The van der Waals surface area contributed by atoms with E-state index in [1.807, 2.05) is 6.92 Å². The minimum atomic E-state index is -1.46. The van der Waals surface area contributed by atoms with Gasteiger partial charge < -0.3 is 24.3 Å². The maximum Gasteiger partial charge on any atom is 0.258 e. The van der Waals surface area contributed by atoms with Crippen molar-refractivity contribution in [3.63, 3.8) is 0 Å². The first-order valence-corrected chi connectivity index (χ1v) is 11.9. The molecule has 0 aromatic heterocycles. The third kappa shape index (κ3) is 7.47. The molecule has 2 aromatic rings. The predicted molar refractivity (Wildman–Crippen MR) is 135 cm³/mol. The fraction of sp³-hybridized carbons (Fsp3) is 0.417. The molecular formula is C24H29Cl2N3O6. The Bertz CT molecular complexity index is 1080. The van der Waals surface area contributed by atoms with Gasteiger partial charge in [-0.1, -0.05) is 23.2 Å². The maximum atomic E-state index is 13.0. The molecule has 0 bridgehead atoms. The zero-order valence-electron chi connectivity index (χ0n) is 20.3. The minimum absolute atomic E-state index is 0.180. The van der Waals surface area contributed by atoms with Crippen molar-refractivity contribution in [3.8, 4) is 23.0 Å². The van der Waals surface area contributed by atoms with E-state index in [1.165, 1.54) is 13.0 Å². The van der Waals surface area contributed by atoms with E-state index in [1.54, 1.807) is 39.0 Å². The van der Waals surface area contributed by atoms with E-state index < -0.39 is 17.7 Å². The van der Waals surface area contributed by atoms with Crippen molar-refractivity contribution >= 4 is 46.3 Å². The molecule has 0 aliphatic heterocycles. The first-order valence-electron chi connectivity index (χ1n) is 11.2. The van der Waals surface area contributed by atoms with E-state index in [4.69, 9.17) is 42.1 Å². The van der Waals surface area contributed by atoms with Crippen LogP contribution in [0.15, 0.2) is 34.5 Å². The van der Waals surface area contributed by atoms with E-state index in [2.05, 4.69) is 15.5 Å². The molecule has 0 aliphatic rings. The van der Waals surface area contributed by atoms with Gasteiger partial charge in [-0.15, -0.1) is 5.11 Å². The van der Waals surface area contributed by atoms with E-state index in [9.17, 15) is 9.59 Å². The second-order valence-corrected chi connectivity index (χ2v) is 7.77. The quantitative estimate of drug-likeness (QED) is 0.244. The van der Waals surface area contributed by atoms with E-state index in [-0.39, 0.29) is 22.1 Å². The van der Waals surface area contributed by atoms with Crippen LogP contribution in [0.2, 0.25) is 10.0 Å². The van der Waals surface area contributed by atoms with Gasteiger partial charge >= 0.3 is 0 Å². The van der Waals surface area contributed by atoms with Crippen LogP contribution < -0.4 is 24.3 Å². The number of carbonyl (C=O) groups excluding carboxylic acids is 2. The highest BCUT2D eigenvalue weighted by Crippen LogP contribution is 2.43. The fourth-order valence-electron chi connectivity index (χ4n) is 2.99. The van der Waals surface area contributed by atoms with Gasteiger partial charge in [0.25, 0.3) is 5.91 Å². The Labute approximate surface area is 214 Å². The van der Waals surface area contributed by atoms with Crippen molar-refractivity contribution in [1.29, 1.82) is 0 Å². The number of rotatable bonds is 13. The molecule has 2 aromatic carbocycles. The van der Waals surface area contributed by atoms with Crippen LogP contribution >= 0.6 is 23.2 Å². The van der Waals surface area contributed by atoms with Crippen molar-refractivity contribution in [2.24, 2.45) is 10.2 Å². The number of azo groups is 1. The number of anilines is 1. The molecule has 1 unspecified atom stereocenters. The molecule has 1 atom stereocenters. The fourth-order valence-corrected chi connectivity index (χ4v) is 3.41. The molecule has 0 saturated carbocycles. The van der Waals surface area contributed by atoms with Gasteiger partial charge in [0.05, 0.1) is 42.2 Å². The number of Topliss-reactive ketones (excluding diaryl/α,β-unsaturated/α-hetero) is 1. The van der Waals surface area contributed by atoms with Gasteiger partial charge in [-0.2, -0.15) is 5.11 Å². The van der Waals surface area contributed by atoms with Gasteiger partial charge in [-0.05, 0) is 52.8 Å². The second kappa shape index (κ2) is 13.7. The molecule has 0 fully saturated rings. The van der Waals surface area contributed by atoms with Crippen molar-refractivity contribution < 1.29 is 28.5 Å². The Morgan fingerprint density at radius 2 is 1.46 bits per heavy atom. The third-order valence-electron chi connectivity index (χ3n) is 4.43. The summed E-state index contributed by atoms with van der Waals surface area (Å²) in [7, 11) is 0. The molecule has 9 nitrogen and oxygen atoms in total. The molecule has 0 saturated heterocycles. The second-order valence-electron chi connectivity index (χ2n) is 6.95. The highest BCUT2D eigenvalue weighted by Gasteiger charge is 2.26. The molecule has 190 valence electrons. The molecule has 0 spiro atoms. The lowest BCUT2D eigenvalue weighted by atomic mass is 10.2. The first-order chi connectivity index (χ1) is 16.8. The smallest absolute Gasteiger partial charge is 0.258 e. The summed E-state index contributed by atoms with van der Waals surface area (Å²) in [6.45, 7) is 9.85. The van der Waals surface area contributed by atoms with Gasteiger partial charge in [-0.25, -0.2) is 0 Å². The number of nitrogens with zero attached hydrogens (tertiary/aromatic N) is 2. The SMILES string of the molecule is CCOc1cc(OCC)c(NC(=O)C(N=Nc2c(OCC)ccc(Cl)c2OCC)C(C)=O)cc1Cl. The van der Waals surface area contributed by atoms with E-state index in [0.717, 1.165) is 0 Å². The molecule has 0 heterocycles. The number of ether oxygens (including phenoxy) is 4. The van der Waals surface area contributed by atoms with Crippen LogP contribution in [-0.4, -0.2) is 44.2 Å². The lowest BCUT2D eigenvalue weighted by Crippen LogP contribution is -2.32. The largest absolute Gasteiger partial charge is 0.492 e. The van der Waals surface area contributed by atoms with Gasteiger partial charge in [0.15, 0.2) is 23.0 Å². The van der Waals surface area contributed by atoms with Crippen molar-refractivity contribution in [2.45, 2.75) is 40.7 Å². The average molecular weight is 526 g/mol. The van der Waals surface area contributed by atoms with Crippen LogP contribution in [0.4, 0.5) is 11.4 Å². The number of benzene rings is 2. The van der Waals surface area contributed by atoms with Gasteiger partial charge in [0, 0.05) is 6.07 Å².